The lowest BCUT2D eigenvalue weighted by molar-refractivity contribution is -0.115. The smallest absolute Gasteiger partial charge is 0.171 e. The van der Waals surface area contributed by atoms with Crippen LogP contribution in [0.3, 0.4) is 0 Å². The third kappa shape index (κ3) is 5.04. The molecule has 12 heavy (non-hydrogen) atoms. The Hall–Kier alpha value is -0.670. The van der Waals surface area contributed by atoms with Crippen molar-refractivity contribution in [1.82, 2.24) is 0 Å². The standard InChI is InChI=1S/C9H18N2O/c1-2-9(12)8(11)6-4-3-5-7-10/h2,8H,1,3-7,10-11H2. The monoisotopic (exact) mass is 170 g/mol. The van der Waals surface area contributed by atoms with E-state index in [0.29, 0.717) is 6.54 Å². The van der Waals surface area contributed by atoms with Gasteiger partial charge in [0.25, 0.3) is 0 Å². The summed E-state index contributed by atoms with van der Waals surface area (Å²) in [6.45, 7) is 4.09. The molecule has 0 amide bonds. The van der Waals surface area contributed by atoms with Gasteiger partial charge in [0.05, 0.1) is 6.04 Å². The predicted molar refractivity (Wildman–Crippen MR) is 50.7 cm³/mol. The summed E-state index contributed by atoms with van der Waals surface area (Å²) in [5.41, 5.74) is 10.9. The van der Waals surface area contributed by atoms with Crippen molar-refractivity contribution in [2.45, 2.75) is 31.7 Å². The first kappa shape index (κ1) is 11.3. The molecular formula is C9H18N2O. The zero-order valence-corrected chi connectivity index (χ0v) is 7.46. The SMILES string of the molecule is C=CC(=O)C(N)CCCCCN. The number of ketones is 1. The van der Waals surface area contributed by atoms with Gasteiger partial charge in [-0.15, -0.1) is 0 Å². The highest BCUT2D eigenvalue weighted by atomic mass is 16.1. The normalized spacial score (nSPS) is 12.5. The predicted octanol–water partition coefficient (Wildman–Crippen LogP) is 0.588. The van der Waals surface area contributed by atoms with Crippen molar-refractivity contribution in [2.75, 3.05) is 6.54 Å². The summed E-state index contributed by atoms with van der Waals surface area (Å²) in [6, 6.07) is -0.361. The van der Waals surface area contributed by atoms with E-state index in [1.165, 1.54) is 6.08 Å². The summed E-state index contributed by atoms with van der Waals surface area (Å²) in [7, 11) is 0. The van der Waals surface area contributed by atoms with Crippen LogP contribution in [0.15, 0.2) is 12.7 Å². The molecule has 70 valence electrons. The molecule has 0 aromatic heterocycles. The Kier molecular flexibility index (Phi) is 6.61. The summed E-state index contributed by atoms with van der Waals surface area (Å²) in [6.07, 6.45) is 5.06. The van der Waals surface area contributed by atoms with Gasteiger partial charge in [-0.2, -0.15) is 0 Å². The Labute approximate surface area is 73.8 Å². The van der Waals surface area contributed by atoms with E-state index in [-0.39, 0.29) is 11.8 Å². The van der Waals surface area contributed by atoms with Crippen LogP contribution in [0.2, 0.25) is 0 Å². The second-order valence-electron chi connectivity index (χ2n) is 2.85. The van der Waals surface area contributed by atoms with Crippen LogP contribution in [0.5, 0.6) is 0 Å². The maximum Gasteiger partial charge on any atom is 0.171 e. The van der Waals surface area contributed by atoms with E-state index in [1.54, 1.807) is 0 Å². The van der Waals surface area contributed by atoms with E-state index in [0.717, 1.165) is 25.7 Å². The fourth-order valence-corrected chi connectivity index (χ4v) is 0.979. The first-order valence-corrected chi connectivity index (χ1v) is 4.34. The van der Waals surface area contributed by atoms with E-state index < -0.39 is 0 Å². The molecule has 0 saturated heterocycles. The molecule has 0 saturated carbocycles. The van der Waals surface area contributed by atoms with Crippen LogP contribution >= 0.6 is 0 Å². The van der Waals surface area contributed by atoms with Gasteiger partial charge < -0.3 is 11.5 Å². The summed E-state index contributed by atoms with van der Waals surface area (Å²) in [5.74, 6) is -0.0669. The summed E-state index contributed by atoms with van der Waals surface area (Å²) >= 11 is 0. The van der Waals surface area contributed by atoms with Gasteiger partial charge in [-0.3, -0.25) is 4.79 Å². The number of hydrogen-bond donors (Lipinski definition) is 2. The van der Waals surface area contributed by atoms with E-state index in [2.05, 4.69) is 6.58 Å². The first-order valence-electron chi connectivity index (χ1n) is 4.34. The van der Waals surface area contributed by atoms with E-state index in [9.17, 15) is 4.79 Å². The number of nitrogens with two attached hydrogens (primary N) is 2. The minimum atomic E-state index is -0.361. The van der Waals surface area contributed by atoms with Crippen LogP contribution in [-0.2, 0) is 4.79 Å². The second-order valence-corrected chi connectivity index (χ2v) is 2.85. The average molecular weight is 170 g/mol. The van der Waals surface area contributed by atoms with Gasteiger partial charge >= 0.3 is 0 Å². The average Bonchev–Trinajstić information content (AvgIpc) is 2.10. The molecule has 0 rings (SSSR count). The molecule has 0 aliphatic carbocycles. The summed E-state index contributed by atoms with van der Waals surface area (Å²) in [5, 5.41) is 0. The quantitative estimate of drug-likeness (QED) is 0.434. The van der Waals surface area contributed by atoms with Crippen LogP contribution in [0, 0.1) is 0 Å². The lowest BCUT2D eigenvalue weighted by Gasteiger charge is -2.06. The Morgan fingerprint density at radius 3 is 2.58 bits per heavy atom. The van der Waals surface area contributed by atoms with Crippen molar-refractivity contribution in [2.24, 2.45) is 11.5 Å². The topological polar surface area (TPSA) is 69.1 Å². The van der Waals surface area contributed by atoms with Crippen LogP contribution < -0.4 is 11.5 Å². The van der Waals surface area contributed by atoms with Crippen molar-refractivity contribution >= 4 is 5.78 Å². The van der Waals surface area contributed by atoms with E-state index >= 15 is 0 Å². The summed E-state index contributed by atoms with van der Waals surface area (Å²) < 4.78 is 0. The maximum absolute atomic E-state index is 10.9. The molecule has 0 fully saturated rings. The molecule has 0 spiro atoms. The molecule has 0 bridgehead atoms. The fraction of sp³-hybridized carbons (Fsp3) is 0.667. The molecule has 4 N–H and O–H groups in total. The van der Waals surface area contributed by atoms with E-state index in [1.807, 2.05) is 0 Å². The second kappa shape index (κ2) is 7.00. The van der Waals surface area contributed by atoms with Gasteiger partial charge in [0.15, 0.2) is 5.78 Å². The van der Waals surface area contributed by atoms with Crippen molar-refractivity contribution < 1.29 is 4.79 Å². The van der Waals surface area contributed by atoms with Crippen LogP contribution in [0.1, 0.15) is 25.7 Å². The number of hydrogen-bond acceptors (Lipinski definition) is 3. The fourth-order valence-electron chi connectivity index (χ4n) is 0.979. The number of rotatable bonds is 7. The third-order valence-corrected chi connectivity index (χ3v) is 1.79. The maximum atomic E-state index is 10.9. The third-order valence-electron chi connectivity index (χ3n) is 1.79. The number of carbonyl (C=O) groups is 1. The van der Waals surface area contributed by atoms with Gasteiger partial charge in [0, 0.05) is 0 Å². The van der Waals surface area contributed by atoms with Gasteiger partial charge in [-0.25, -0.2) is 0 Å². The van der Waals surface area contributed by atoms with Crippen LogP contribution in [0.25, 0.3) is 0 Å². The summed E-state index contributed by atoms with van der Waals surface area (Å²) in [4.78, 5) is 10.9. The molecule has 3 heteroatoms. The molecular weight excluding hydrogens is 152 g/mol. The van der Waals surface area contributed by atoms with Crippen molar-refractivity contribution in [3.8, 4) is 0 Å². The molecule has 0 radical (unpaired) electrons. The zero-order chi connectivity index (χ0) is 9.40. The molecule has 0 aliphatic rings. The minimum Gasteiger partial charge on any atom is -0.330 e. The van der Waals surface area contributed by atoms with Gasteiger partial charge in [0.1, 0.15) is 0 Å². The molecule has 0 aromatic carbocycles. The minimum absolute atomic E-state index is 0.0669. The highest BCUT2D eigenvalue weighted by molar-refractivity contribution is 5.93. The van der Waals surface area contributed by atoms with Gasteiger partial charge in [0.2, 0.25) is 0 Å². The highest BCUT2D eigenvalue weighted by Crippen LogP contribution is 2.02. The largest absolute Gasteiger partial charge is 0.330 e. The Morgan fingerprint density at radius 2 is 2.08 bits per heavy atom. The molecule has 0 heterocycles. The lowest BCUT2D eigenvalue weighted by atomic mass is 10.1. The van der Waals surface area contributed by atoms with E-state index in [4.69, 9.17) is 11.5 Å². The molecule has 0 aliphatic heterocycles. The first-order chi connectivity index (χ1) is 5.72. The van der Waals surface area contributed by atoms with Crippen molar-refractivity contribution in [3.63, 3.8) is 0 Å². The van der Waals surface area contributed by atoms with Gasteiger partial charge in [-0.05, 0) is 25.5 Å². The molecule has 1 atom stereocenters. The lowest BCUT2D eigenvalue weighted by Crippen LogP contribution is -2.28. The Balaban J connectivity index is 3.37. The number of carbonyl (C=O) groups excluding carboxylic acids is 1. The zero-order valence-electron chi connectivity index (χ0n) is 7.46. The van der Waals surface area contributed by atoms with Crippen molar-refractivity contribution in [1.29, 1.82) is 0 Å². The Morgan fingerprint density at radius 1 is 1.42 bits per heavy atom. The van der Waals surface area contributed by atoms with Gasteiger partial charge in [-0.1, -0.05) is 19.4 Å². The molecule has 0 aromatic rings. The van der Waals surface area contributed by atoms with Crippen LogP contribution in [0.4, 0.5) is 0 Å². The highest BCUT2D eigenvalue weighted by Gasteiger charge is 2.07. The number of unbranched alkanes of at least 4 members (excludes halogenated alkanes) is 2. The van der Waals surface area contributed by atoms with Crippen molar-refractivity contribution in [3.05, 3.63) is 12.7 Å². The molecule has 1 unspecified atom stereocenters. The Bertz CT molecular complexity index is 145. The van der Waals surface area contributed by atoms with Crippen LogP contribution in [-0.4, -0.2) is 18.4 Å². The molecule has 3 nitrogen and oxygen atoms in total.